The van der Waals surface area contributed by atoms with E-state index in [9.17, 15) is 8.42 Å². The third kappa shape index (κ3) is 5.12. The fourth-order valence-corrected chi connectivity index (χ4v) is 2.30. The average Bonchev–Trinajstić information content (AvgIpc) is 2.72. The first kappa shape index (κ1) is 13.9. The van der Waals surface area contributed by atoms with E-state index in [1.54, 1.807) is 24.0 Å². The Labute approximate surface area is 102 Å². The predicted octanol–water partition coefficient (Wildman–Crippen LogP) is 0.0125. The first-order chi connectivity index (χ1) is 8.07. The molecule has 96 valence electrons. The molecule has 0 bridgehead atoms. The fourth-order valence-electron chi connectivity index (χ4n) is 1.30. The third-order valence-electron chi connectivity index (χ3n) is 2.08. The van der Waals surface area contributed by atoms with Gasteiger partial charge in [-0.05, 0) is 0 Å². The summed E-state index contributed by atoms with van der Waals surface area (Å²) in [5.41, 5.74) is 0.991. The van der Waals surface area contributed by atoms with Crippen LogP contribution < -0.4 is 10.0 Å². The van der Waals surface area contributed by atoms with E-state index in [4.69, 9.17) is 0 Å². The van der Waals surface area contributed by atoms with Crippen molar-refractivity contribution in [2.45, 2.75) is 13.5 Å². The van der Waals surface area contributed by atoms with Gasteiger partial charge in [-0.2, -0.15) is 5.10 Å². The van der Waals surface area contributed by atoms with Crippen LogP contribution in [0.1, 0.15) is 12.5 Å². The molecule has 0 amide bonds. The van der Waals surface area contributed by atoms with Crippen LogP contribution in [0.2, 0.25) is 0 Å². The summed E-state index contributed by atoms with van der Waals surface area (Å²) in [5, 5.41) is 7.07. The van der Waals surface area contributed by atoms with Gasteiger partial charge in [0.15, 0.2) is 0 Å². The van der Waals surface area contributed by atoms with Crippen LogP contribution in [0.5, 0.6) is 0 Å². The van der Waals surface area contributed by atoms with Gasteiger partial charge in [-0.1, -0.05) is 13.5 Å². The van der Waals surface area contributed by atoms with Gasteiger partial charge >= 0.3 is 0 Å². The predicted molar refractivity (Wildman–Crippen MR) is 67.8 cm³/mol. The van der Waals surface area contributed by atoms with E-state index in [0.717, 1.165) is 5.56 Å². The topological polar surface area (TPSA) is 76.0 Å². The molecule has 1 heterocycles. The van der Waals surface area contributed by atoms with Crippen molar-refractivity contribution < 1.29 is 8.42 Å². The van der Waals surface area contributed by atoms with Gasteiger partial charge in [-0.25, -0.2) is 17.8 Å². The molecular formula is C10H18N4O2S. The number of aromatic nitrogens is 2. The summed E-state index contributed by atoms with van der Waals surface area (Å²) in [5.74, 6) is 0.0798. The lowest BCUT2D eigenvalue weighted by atomic mass is 10.3. The minimum Gasteiger partial charge on any atom is -0.311 e. The lowest BCUT2D eigenvalue weighted by Crippen LogP contribution is -2.31. The number of hydrogen-bond acceptors (Lipinski definition) is 4. The summed E-state index contributed by atoms with van der Waals surface area (Å²) in [7, 11) is -3.14. The van der Waals surface area contributed by atoms with Crippen molar-refractivity contribution >= 4 is 16.2 Å². The lowest BCUT2D eigenvalue weighted by Gasteiger charge is -2.05. The van der Waals surface area contributed by atoms with Crippen molar-refractivity contribution in [3.8, 4) is 0 Å². The maximum Gasteiger partial charge on any atom is 0.212 e. The SMILES string of the molecule is C=Cn1cc(CNCCS(=O)(=O)NCC)cn1. The molecular weight excluding hydrogens is 240 g/mol. The molecule has 0 fully saturated rings. The van der Waals surface area contributed by atoms with Crippen molar-refractivity contribution in [2.24, 2.45) is 0 Å². The molecule has 0 aromatic carbocycles. The van der Waals surface area contributed by atoms with Crippen molar-refractivity contribution in [3.05, 3.63) is 24.5 Å². The maximum absolute atomic E-state index is 11.3. The molecule has 1 rings (SSSR count). The molecule has 1 aromatic rings. The van der Waals surface area contributed by atoms with Gasteiger partial charge in [0.2, 0.25) is 10.0 Å². The van der Waals surface area contributed by atoms with E-state index >= 15 is 0 Å². The van der Waals surface area contributed by atoms with Crippen LogP contribution in [0.3, 0.4) is 0 Å². The zero-order valence-corrected chi connectivity index (χ0v) is 10.7. The normalized spacial score (nSPS) is 11.6. The van der Waals surface area contributed by atoms with E-state index in [-0.39, 0.29) is 5.75 Å². The van der Waals surface area contributed by atoms with Crippen LogP contribution in [-0.2, 0) is 16.6 Å². The Hall–Kier alpha value is -1.18. The van der Waals surface area contributed by atoms with Gasteiger partial charge < -0.3 is 5.32 Å². The Morgan fingerprint density at radius 2 is 2.35 bits per heavy atom. The fraction of sp³-hybridized carbons (Fsp3) is 0.500. The maximum atomic E-state index is 11.3. The largest absolute Gasteiger partial charge is 0.311 e. The van der Waals surface area contributed by atoms with Crippen LogP contribution >= 0.6 is 0 Å². The molecule has 1 aromatic heterocycles. The van der Waals surface area contributed by atoms with Crippen molar-refractivity contribution in [3.63, 3.8) is 0 Å². The molecule has 0 aliphatic rings. The molecule has 0 saturated carbocycles. The van der Waals surface area contributed by atoms with Crippen LogP contribution in [0, 0.1) is 0 Å². The molecule has 0 saturated heterocycles. The third-order valence-corrected chi connectivity index (χ3v) is 3.55. The summed E-state index contributed by atoms with van der Waals surface area (Å²) in [6.45, 7) is 6.77. The molecule has 6 nitrogen and oxygen atoms in total. The van der Waals surface area contributed by atoms with Gasteiger partial charge in [0.25, 0.3) is 0 Å². The summed E-state index contributed by atoms with van der Waals surface area (Å²) in [6, 6.07) is 0. The Kier molecular flexibility index (Phi) is 5.33. The summed E-state index contributed by atoms with van der Waals surface area (Å²) < 4.78 is 26.7. The molecule has 0 aliphatic carbocycles. The molecule has 0 unspecified atom stereocenters. The van der Waals surface area contributed by atoms with Crippen LogP contribution in [0.25, 0.3) is 6.20 Å². The second-order valence-electron chi connectivity index (χ2n) is 3.50. The van der Waals surface area contributed by atoms with Gasteiger partial charge in [0.05, 0.1) is 11.9 Å². The molecule has 0 aliphatic heterocycles. The Morgan fingerprint density at radius 3 is 2.94 bits per heavy atom. The molecule has 0 spiro atoms. The quantitative estimate of drug-likeness (QED) is 0.644. The van der Waals surface area contributed by atoms with Crippen LogP contribution in [-0.4, -0.2) is 37.0 Å². The lowest BCUT2D eigenvalue weighted by molar-refractivity contribution is 0.579. The van der Waals surface area contributed by atoms with Gasteiger partial charge in [-0.3, -0.25) is 0 Å². The van der Waals surface area contributed by atoms with Gasteiger partial charge in [0, 0.05) is 37.6 Å². The number of nitrogens with zero attached hydrogens (tertiary/aromatic N) is 2. The highest BCUT2D eigenvalue weighted by atomic mass is 32.2. The van der Waals surface area contributed by atoms with E-state index in [1.807, 2.05) is 6.20 Å². The zero-order chi connectivity index (χ0) is 12.7. The zero-order valence-electron chi connectivity index (χ0n) is 9.89. The summed E-state index contributed by atoms with van der Waals surface area (Å²) >= 11 is 0. The highest BCUT2D eigenvalue weighted by Crippen LogP contribution is 1.96. The Bertz CT molecular complexity index is 453. The number of rotatable bonds is 8. The average molecular weight is 258 g/mol. The second-order valence-corrected chi connectivity index (χ2v) is 5.43. The van der Waals surface area contributed by atoms with E-state index in [2.05, 4.69) is 21.7 Å². The number of nitrogens with one attached hydrogen (secondary N) is 2. The molecule has 2 N–H and O–H groups in total. The van der Waals surface area contributed by atoms with E-state index in [0.29, 0.717) is 19.6 Å². The van der Waals surface area contributed by atoms with Crippen LogP contribution in [0.15, 0.2) is 19.0 Å². The van der Waals surface area contributed by atoms with Crippen molar-refractivity contribution in [2.75, 3.05) is 18.8 Å². The first-order valence-electron chi connectivity index (χ1n) is 5.41. The standard InChI is InChI=1S/C10H18N4O2S/c1-3-13-17(15,16)6-5-11-7-10-8-12-14(4-2)9-10/h4,8-9,11,13H,2-3,5-7H2,1H3. The summed E-state index contributed by atoms with van der Waals surface area (Å²) in [4.78, 5) is 0. The molecule has 0 radical (unpaired) electrons. The van der Waals surface area contributed by atoms with Crippen molar-refractivity contribution in [1.82, 2.24) is 19.8 Å². The highest BCUT2D eigenvalue weighted by Gasteiger charge is 2.07. The second kappa shape index (κ2) is 6.53. The number of hydrogen-bond donors (Lipinski definition) is 2. The van der Waals surface area contributed by atoms with E-state index in [1.165, 1.54) is 0 Å². The van der Waals surface area contributed by atoms with E-state index < -0.39 is 10.0 Å². The molecule has 7 heteroatoms. The Morgan fingerprint density at radius 1 is 1.59 bits per heavy atom. The smallest absolute Gasteiger partial charge is 0.212 e. The van der Waals surface area contributed by atoms with Gasteiger partial charge in [0.1, 0.15) is 0 Å². The first-order valence-corrected chi connectivity index (χ1v) is 7.06. The van der Waals surface area contributed by atoms with Crippen LogP contribution in [0.4, 0.5) is 0 Å². The highest BCUT2D eigenvalue weighted by molar-refractivity contribution is 7.89. The monoisotopic (exact) mass is 258 g/mol. The number of sulfonamides is 1. The molecule has 0 atom stereocenters. The minimum atomic E-state index is -3.14. The van der Waals surface area contributed by atoms with Crippen molar-refractivity contribution in [1.29, 1.82) is 0 Å². The summed E-state index contributed by atoms with van der Waals surface area (Å²) in [6.07, 6.45) is 5.14. The minimum absolute atomic E-state index is 0.0798. The Balaban J connectivity index is 2.26. The van der Waals surface area contributed by atoms with Gasteiger partial charge in [-0.15, -0.1) is 0 Å². The molecule has 17 heavy (non-hydrogen) atoms.